The van der Waals surface area contributed by atoms with Crippen LogP contribution in [-0.4, -0.2) is 22.0 Å². The van der Waals surface area contributed by atoms with Gasteiger partial charge in [0.25, 0.3) is 11.6 Å². The van der Waals surface area contributed by atoms with Crippen LogP contribution in [-0.2, 0) is 0 Å². The van der Waals surface area contributed by atoms with Crippen molar-refractivity contribution in [1.29, 1.82) is 0 Å². The minimum absolute atomic E-state index is 0.0719. The first-order valence-corrected chi connectivity index (χ1v) is 7.25. The largest absolute Gasteiger partial charge is 0.360 e. The number of amides is 1. The first-order valence-electron chi connectivity index (χ1n) is 6.85. The number of thiocarbonyl (C=S) groups is 1. The summed E-state index contributed by atoms with van der Waals surface area (Å²) in [6.45, 7) is 1.56. The van der Waals surface area contributed by atoms with Gasteiger partial charge in [0.05, 0.1) is 4.92 Å². The molecule has 112 valence electrons. The fraction of sp³-hybridized carbons (Fsp3) is 0.429. The Labute approximate surface area is 128 Å². The van der Waals surface area contributed by atoms with Crippen LogP contribution in [0.3, 0.4) is 0 Å². The highest BCUT2D eigenvalue weighted by molar-refractivity contribution is 7.80. The summed E-state index contributed by atoms with van der Waals surface area (Å²) in [5.41, 5.74) is 0.528. The molecule has 0 bridgehead atoms. The van der Waals surface area contributed by atoms with E-state index in [0.29, 0.717) is 11.6 Å². The van der Waals surface area contributed by atoms with E-state index < -0.39 is 10.8 Å². The van der Waals surface area contributed by atoms with Crippen LogP contribution in [0.15, 0.2) is 18.2 Å². The summed E-state index contributed by atoms with van der Waals surface area (Å²) in [7, 11) is 0. The highest BCUT2D eigenvalue weighted by Crippen LogP contribution is 2.21. The van der Waals surface area contributed by atoms with Gasteiger partial charge >= 0.3 is 0 Å². The summed E-state index contributed by atoms with van der Waals surface area (Å²) in [6, 6.07) is 4.73. The molecule has 0 saturated heterocycles. The lowest BCUT2D eigenvalue weighted by molar-refractivity contribution is -0.385. The van der Waals surface area contributed by atoms with E-state index >= 15 is 0 Å². The fourth-order valence-corrected chi connectivity index (χ4v) is 2.79. The Balaban J connectivity index is 2.04. The normalized spacial score (nSPS) is 14.7. The number of nitrogens with zero attached hydrogens (tertiary/aromatic N) is 1. The van der Waals surface area contributed by atoms with Gasteiger partial charge in [-0.2, -0.15) is 0 Å². The first kappa shape index (κ1) is 15.4. The molecule has 0 aliphatic heterocycles. The average molecular weight is 307 g/mol. The smallest absolute Gasteiger partial charge is 0.273 e. The van der Waals surface area contributed by atoms with Gasteiger partial charge in [-0.1, -0.05) is 18.9 Å². The van der Waals surface area contributed by atoms with Crippen molar-refractivity contribution in [3.05, 3.63) is 39.4 Å². The number of rotatable bonds is 3. The summed E-state index contributed by atoms with van der Waals surface area (Å²) in [5.74, 6) is -0.424. The number of hydrogen-bond acceptors (Lipinski definition) is 4. The van der Waals surface area contributed by atoms with Gasteiger partial charge in [-0.05, 0) is 38.0 Å². The zero-order valence-electron chi connectivity index (χ0n) is 11.7. The quantitative estimate of drug-likeness (QED) is 0.509. The summed E-state index contributed by atoms with van der Waals surface area (Å²) in [5, 5.41) is 16.9. The van der Waals surface area contributed by atoms with Gasteiger partial charge in [0, 0.05) is 23.2 Å². The Bertz CT molecular complexity index is 583. The van der Waals surface area contributed by atoms with Gasteiger partial charge in [-0.25, -0.2) is 0 Å². The van der Waals surface area contributed by atoms with E-state index in [1.807, 2.05) is 0 Å². The molecule has 1 fully saturated rings. The van der Waals surface area contributed by atoms with Crippen molar-refractivity contribution in [2.75, 3.05) is 0 Å². The summed E-state index contributed by atoms with van der Waals surface area (Å²) < 4.78 is 0. The van der Waals surface area contributed by atoms with Gasteiger partial charge in [-0.15, -0.1) is 0 Å². The van der Waals surface area contributed by atoms with Crippen molar-refractivity contribution in [2.24, 2.45) is 0 Å². The molecule has 6 nitrogen and oxygen atoms in total. The van der Waals surface area contributed by atoms with Gasteiger partial charge < -0.3 is 5.32 Å². The molecule has 0 unspecified atom stereocenters. The lowest BCUT2D eigenvalue weighted by atomic mass is 10.1. The molecule has 0 heterocycles. The number of carbonyl (C=O) groups is 1. The second-order valence-electron chi connectivity index (χ2n) is 5.12. The minimum atomic E-state index is -0.499. The van der Waals surface area contributed by atoms with Gasteiger partial charge in [0.1, 0.15) is 0 Å². The Morgan fingerprint density at radius 3 is 2.67 bits per heavy atom. The standard InChI is InChI=1S/C14H17N3O3S/c1-9-11(7-4-8-12(9)17(19)20)13(18)16-14(21)15-10-5-2-3-6-10/h4,7-8,10H,2-3,5-6H2,1H3,(H2,15,16,18,21). The predicted molar refractivity (Wildman–Crippen MR) is 83.3 cm³/mol. The molecular weight excluding hydrogens is 290 g/mol. The summed E-state index contributed by atoms with van der Waals surface area (Å²) in [4.78, 5) is 22.5. The van der Waals surface area contributed by atoms with Crippen LogP contribution in [0.2, 0.25) is 0 Å². The SMILES string of the molecule is Cc1c(C(=O)NC(=S)NC2CCCC2)cccc1[N+](=O)[O-]. The molecule has 1 aliphatic rings. The van der Waals surface area contributed by atoms with Gasteiger partial charge in [0.15, 0.2) is 5.11 Å². The van der Waals surface area contributed by atoms with E-state index in [4.69, 9.17) is 12.2 Å². The second kappa shape index (κ2) is 6.62. The number of nitro benzene ring substituents is 1. The van der Waals surface area contributed by atoms with Crippen LogP contribution >= 0.6 is 12.2 Å². The van der Waals surface area contributed by atoms with Gasteiger partial charge in [0.2, 0.25) is 0 Å². The Kier molecular flexibility index (Phi) is 4.85. The fourth-order valence-electron chi connectivity index (χ4n) is 2.53. The van der Waals surface area contributed by atoms with Crippen LogP contribution in [0.5, 0.6) is 0 Å². The highest BCUT2D eigenvalue weighted by atomic mass is 32.1. The van der Waals surface area contributed by atoms with E-state index in [1.165, 1.54) is 12.1 Å². The molecule has 1 aromatic carbocycles. The topological polar surface area (TPSA) is 84.3 Å². The first-order chi connectivity index (χ1) is 9.99. The molecule has 2 N–H and O–H groups in total. The maximum absolute atomic E-state index is 12.2. The molecule has 2 rings (SSSR count). The maximum atomic E-state index is 12.2. The van der Waals surface area contributed by atoms with Crippen LogP contribution in [0, 0.1) is 17.0 Å². The third-order valence-electron chi connectivity index (χ3n) is 3.66. The molecule has 0 radical (unpaired) electrons. The van der Waals surface area contributed by atoms with Crippen molar-refractivity contribution < 1.29 is 9.72 Å². The third-order valence-corrected chi connectivity index (χ3v) is 3.88. The molecule has 0 aromatic heterocycles. The Morgan fingerprint density at radius 1 is 1.38 bits per heavy atom. The molecule has 0 spiro atoms. The molecular formula is C14H17N3O3S. The molecule has 21 heavy (non-hydrogen) atoms. The van der Waals surface area contributed by atoms with E-state index in [2.05, 4.69) is 10.6 Å². The summed E-state index contributed by atoms with van der Waals surface area (Å²) in [6.07, 6.45) is 4.42. The molecule has 7 heteroatoms. The number of nitro groups is 1. The Hall–Kier alpha value is -2.02. The maximum Gasteiger partial charge on any atom is 0.273 e. The zero-order chi connectivity index (χ0) is 15.4. The van der Waals surface area contributed by atoms with E-state index in [-0.39, 0.29) is 16.4 Å². The van der Waals surface area contributed by atoms with Crippen molar-refractivity contribution in [3.8, 4) is 0 Å². The second-order valence-corrected chi connectivity index (χ2v) is 5.52. The lowest BCUT2D eigenvalue weighted by Crippen LogP contribution is -2.43. The van der Waals surface area contributed by atoms with Crippen molar-refractivity contribution >= 4 is 28.9 Å². The molecule has 1 aromatic rings. The van der Waals surface area contributed by atoms with Crippen molar-refractivity contribution in [3.63, 3.8) is 0 Å². The molecule has 1 aliphatic carbocycles. The van der Waals surface area contributed by atoms with Crippen LogP contribution in [0.1, 0.15) is 41.6 Å². The molecule has 1 saturated carbocycles. The highest BCUT2D eigenvalue weighted by Gasteiger charge is 2.20. The Morgan fingerprint density at radius 2 is 2.05 bits per heavy atom. The van der Waals surface area contributed by atoms with E-state index in [1.54, 1.807) is 13.0 Å². The number of nitrogens with one attached hydrogen (secondary N) is 2. The number of benzene rings is 1. The lowest BCUT2D eigenvalue weighted by Gasteiger charge is -2.15. The van der Waals surface area contributed by atoms with Crippen molar-refractivity contribution in [1.82, 2.24) is 10.6 Å². The average Bonchev–Trinajstić information content (AvgIpc) is 2.91. The molecule has 1 amide bonds. The summed E-state index contributed by atoms with van der Waals surface area (Å²) >= 11 is 5.12. The number of carbonyl (C=O) groups excluding carboxylic acids is 1. The van der Waals surface area contributed by atoms with Crippen molar-refractivity contribution in [2.45, 2.75) is 38.6 Å². The van der Waals surface area contributed by atoms with Gasteiger partial charge in [-0.3, -0.25) is 20.2 Å². The van der Waals surface area contributed by atoms with Crippen LogP contribution in [0.4, 0.5) is 5.69 Å². The van der Waals surface area contributed by atoms with E-state index in [0.717, 1.165) is 25.7 Å². The minimum Gasteiger partial charge on any atom is -0.360 e. The predicted octanol–water partition coefficient (Wildman–Crippen LogP) is 2.45. The zero-order valence-corrected chi connectivity index (χ0v) is 12.5. The van der Waals surface area contributed by atoms with E-state index in [9.17, 15) is 14.9 Å². The number of hydrogen-bond donors (Lipinski definition) is 2. The molecule has 0 atom stereocenters. The van der Waals surface area contributed by atoms with Crippen LogP contribution in [0.25, 0.3) is 0 Å². The monoisotopic (exact) mass is 307 g/mol. The third kappa shape index (κ3) is 3.75. The van der Waals surface area contributed by atoms with Crippen LogP contribution < -0.4 is 10.6 Å².